The van der Waals surface area contributed by atoms with E-state index in [4.69, 9.17) is 0 Å². The fraction of sp³-hybridized carbons (Fsp3) is 0.765. The maximum absolute atomic E-state index is 12.1. The number of hydrogen-bond donors (Lipinski definition) is 2. The monoisotopic (exact) mass is 370 g/mol. The van der Waals surface area contributed by atoms with E-state index in [2.05, 4.69) is 34.5 Å². The number of guanidine groups is 1. The Kier molecular flexibility index (Phi) is 7.68. The van der Waals surface area contributed by atoms with E-state index in [0.717, 1.165) is 61.1 Å². The molecule has 1 aromatic rings. The molecule has 0 aromatic carbocycles. The zero-order valence-corrected chi connectivity index (χ0v) is 16.9. The number of nitrogens with one attached hydrogen (secondary N) is 2. The quantitative estimate of drug-likeness (QED) is 0.596. The number of rotatable bonds is 6. The van der Waals surface area contributed by atoms with E-state index < -0.39 is 10.8 Å². The summed E-state index contributed by atoms with van der Waals surface area (Å²) in [7, 11) is 1.12. The molecular formula is C17H30N4OS2. The van der Waals surface area contributed by atoms with Crippen LogP contribution in [0.25, 0.3) is 0 Å². The van der Waals surface area contributed by atoms with Gasteiger partial charge < -0.3 is 10.6 Å². The number of thiazole rings is 1. The molecule has 1 fully saturated rings. The van der Waals surface area contributed by atoms with E-state index in [1.807, 2.05) is 14.0 Å². The molecule has 7 heteroatoms. The molecule has 1 saturated carbocycles. The normalized spacial score (nSPS) is 23.1. The minimum Gasteiger partial charge on any atom is -0.356 e. The van der Waals surface area contributed by atoms with Crippen molar-refractivity contribution in [3.63, 3.8) is 0 Å². The van der Waals surface area contributed by atoms with Crippen LogP contribution < -0.4 is 10.6 Å². The molecule has 136 valence electrons. The van der Waals surface area contributed by atoms with Gasteiger partial charge in [0.15, 0.2) is 5.96 Å². The fourth-order valence-electron chi connectivity index (χ4n) is 3.24. The molecule has 24 heavy (non-hydrogen) atoms. The SMILES string of the molecule is CCS(=O)C1CCCC(NC(=NC)NCCc2sc(C)nc2C)C1. The first kappa shape index (κ1) is 19.4. The summed E-state index contributed by atoms with van der Waals surface area (Å²) in [5.41, 5.74) is 1.14. The summed E-state index contributed by atoms with van der Waals surface area (Å²) in [6.07, 6.45) is 5.31. The first-order valence-corrected chi connectivity index (χ1v) is 11.0. The summed E-state index contributed by atoms with van der Waals surface area (Å²) in [5.74, 6) is 1.61. The second-order valence-corrected chi connectivity index (χ2v) is 9.58. The Balaban J connectivity index is 1.79. The van der Waals surface area contributed by atoms with Gasteiger partial charge >= 0.3 is 0 Å². The van der Waals surface area contributed by atoms with Gasteiger partial charge in [0.2, 0.25) is 0 Å². The minimum absolute atomic E-state index is 0.335. The Morgan fingerprint density at radius 3 is 2.83 bits per heavy atom. The predicted molar refractivity (Wildman–Crippen MR) is 105 cm³/mol. The first-order chi connectivity index (χ1) is 11.5. The molecule has 0 bridgehead atoms. The molecule has 3 atom stereocenters. The van der Waals surface area contributed by atoms with Gasteiger partial charge in [-0.15, -0.1) is 11.3 Å². The molecule has 1 aromatic heterocycles. The Bertz CT molecular complexity index is 585. The second kappa shape index (κ2) is 9.51. The number of aryl methyl sites for hydroxylation is 2. The zero-order chi connectivity index (χ0) is 17.5. The van der Waals surface area contributed by atoms with Gasteiger partial charge in [0, 0.05) is 52.7 Å². The van der Waals surface area contributed by atoms with Crippen LogP contribution in [-0.2, 0) is 17.2 Å². The lowest BCUT2D eigenvalue weighted by molar-refractivity contribution is 0.413. The van der Waals surface area contributed by atoms with Crippen molar-refractivity contribution in [2.24, 2.45) is 4.99 Å². The molecule has 0 aliphatic heterocycles. The maximum Gasteiger partial charge on any atom is 0.191 e. The van der Waals surface area contributed by atoms with Crippen molar-refractivity contribution in [2.45, 2.75) is 64.2 Å². The van der Waals surface area contributed by atoms with Gasteiger partial charge in [-0.3, -0.25) is 9.20 Å². The lowest BCUT2D eigenvalue weighted by atomic mass is 9.95. The van der Waals surface area contributed by atoms with Crippen molar-refractivity contribution < 1.29 is 4.21 Å². The smallest absolute Gasteiger partial charge is 0.191 e. The summed E-state index contributed by atoms with van der Waals surface area (Å²) < 4.78 is 12.1. The highest BCUT2D eigenvalue weighted by molar-refractivity contribution is 7.85. The highest BCUT2D eigenvalue weighted by Gasteiger charge is 2.25. The molecule has 5 nitrogen and oxygen atoms in total. The Morgan fingerprint density at radius 2 is 2.21 bits per heavy atom. The van der Waals surface area contributed by atoms with E-state index in [0.29, 0.717) is 11.3 Å². The largest absolute Gasteiger partial charge is 0.356 e. The summed E-state index contributed by atoms with van der Waals surface area (Å²) in [6, 6.07) is 0.373. The minimum atomic E-state index is -0.687. The van der Waals surface area contributed by atoms with Crippen LogP contribution in [0.2, 0.25) is 0 Å². The summed E-state index contributed by atoms with van der Waals surface area (Å²) in [6.45, 7) is 6.98. The number of aliphatic imine (C=N–C) groups is 1. The summed E-state index contributed by atoms with van der Waals surface area (Å²) in [4.78, 5) is 10.1. The molecule has 0 radical (unpaired) electrons. The third-order valence-corrected chi connectivity index (χ3v) is 7.36. The molecule has 2 N–H and O–H groups in total. The molecule has 0 amide bonds. The molecule has 0 saturated heterocycles. The summed E-state index contributed by atoms with van der Waals surface area (Å²) in [5, 5.41) is 8.38. The molecular weight excluding hydrogens is 340 g/mol. The van der Waals surface area contributed by atoms with Gasteiger partial charge in [0.1, 0.15) is 0 Å². The van der Waals surface area contributed by atoms with Crippen LogP contribution in [0.5, 0.6) is 0 Å². The standard InChI is InChI=1S/C17H30N4OS2/c1-5-24(22)15-8-6-7-14(11-15)21-17(18-4)19-10-9-16-12(2)20-13(3)23-16/h14-15H,5-11H2,1-4H3,(H2,18,19,21). The van der Waals surface area contributed by atoms with Crippen molar-refractivity contribution in [3.8, 4) is 0 Å². The van der Waals surface area contributed by atoms with Crippen LogP contribution in [0.1, 0.15) is 48.2 Å². The Morgan fingerprint density at radius 1 is 1.42 bits per heavy atom. The molecule has 1 heterocycles. The van der Waals surface area contributed by atoms with Crippen LogP contribution in [0.15, 0.2) is 4.99 Å². The van der Waals surface area contributed by atoms with Gasteiger partial charge in [-0.05, 0) is 33.1 Å². The van der Waals surface area contributed by atoms with Crippen molar-refractivity contribution in [1.82, 2.24) is 15.6 Å². The van der Waals surface area contributed by atoms with Gasteiger partial charge in [0.05, 0.1) is 10.7 Å². The van der Waals surface area contributed by atoms with E-state index >= 15 is 0 Å². The van der Waals surface area contributed by atoms with Crippen molar-refractivity contribution in [3.05, 3.63) is 15.6 Å². The van der Waals surface area contributed by atoms with Gasteiger partial charge in [0.25, 0.3) is 0 Å². The first-order valence-electron chi connectivity index (χ1n) is 8.80. The lowest BCUT2D eigenvalue weighted by Gasteiger charge is -2.30. The van der Waals surface area contributed by atoms with Crippen LogP contribution >= 0.6 is 11.3 Å². The Labute approximate surface area is 152 Å². The third-order valence-electron chi connectivity index (χ3n) is 4.49. The van der Waals surface area contributed by atoms with Crippen LogP contribution in [0.4, 0.5) is 0 Å². The van der Waals surface area contributed by atoms with Crippen molar-refractivity contribution >= 4 is 28.1 Å². The number of nitrogens with zero attached hydrogens (tertiary/aromatic N) is 2. The van der Waals surface area contributed by atoms with Crippen LogP contribution in [0.3, 0.4) is 0 Å². The molecule has 1 aliphatic carbocycles. The molecule has 2 rings (SSSR count). The van der Waals surface area contributed by atoms with Crippen molar-refractivity contribution in [1.29, 1.82) is 0 Å². The number of aromatic nitrogens is 1. The van der Waals surface area contributed by atoms with E-state index in [1.54, 1.807) is 11.3 Å². The number of hydrogen-bond acceptors (Lipinski definition) is 4. The summed E-state index contributed by atoms with van der Waals surface area (Å²) >= 11 is 1.77. The third kappa shape index (κ3) is 5.55. The predicted octanol–water partition coefficient (Wildman–Crippen LogP) is 2.55. The highest BCUT2D eigenvalue weighted by atomic mass is 32.2. The van der Waals surface area contributed by atoms with Crippen molar-refractivity contribution in [2.75, 3.05) is 19.3 Å². The zero-order valence-electron chi connectivity index (χ0n) is 15.2. The Hall–Kier alpha value is -0.950. The second-order valence-electron chi connectivity index (χ2n) is 6.29. The van der Waals surface area contributed by atoms with E-state index in [-0.39, 0.29) is 0 Å². The fourth-order valence-corrected chi connectivity index (χ4v) is 5.52. The molecule has 0 spiro atoms. The van der Waals surface area contributed by atoms with Gasteiger partial charge in [-0.25, -0.2) is 4.98 Å². The van der Waals surface area contributed by atoms with Crippen LogP contribution in [-0.4, -0.2) is 45.8 Å². The maximum atomic E-state index is 12.1. The van der Waals surface area contributed by atoms with Crippen LogP contribution in [0, 0.1) is 13.8 Å². The highest BCUT2D eigenvalue weighted by Crippen LogP contribution is 2.23. The average Bonchev–Trinajstić information content (AvgIpc) is 2.91. The molecule has 1 aliphatic rings. The van der Waals surface area contributed by atoms with E-state index in [9.17, 15) is 4.21 Å². The van der Waals surface area contributed by atoms with Gasteiger partial charge in [-0.1, -0.05) is 13.3 Å². The average molecular weight is 371 g/mol. The van der Waals surface area contributed by atoms with E-state index in [1.165, 1.54) is 4.88 Å². The molecule has 3 unspecified atom stereocenters. The van der Waals surface area contributed by atoms with Gasteiger partial charge in [-0.2, -0.15) is 0 Å². The topological polar surface area (TPSA) is 66.4 Å². The lowest BCUT2D eigenvalue weighted by Crippen LogP contribution is -2.47.